The van der Waals surface area contributed by atoms with E-state index in [1.807, 2.05) is 0 Å². The molecule has 0 radical (unpaired) electrons. The molecular weight excluding hydrogens is 227 g/mol. The Morgan fingerprint density at radius 1 is 1.47 bits per heavy atom. The van der Waals surface area contributed by atoms with Gasteiger partial charge in [0.25, 0.3) is 11.4 Å². The molecular formula is C11H9FN2O3. The number of halogens is 1. The summed E-state index contributed by atoms with van der Waals surface area (Å²) in [6, 6.07) is 6.21. The highest BCUT2D eigenvalue weighted by molar-refractivity contribution is 5.88. The number of hydrogen-bond acceptors (Lipinski definition) is 4. The highest BCUT2D eigenvalue weighted by Gasteiger charge is 2.18. The summed E-state index contributed by atoms with van der Waals surface area (Å²) in [7, 11) is 0. The normalized spacial score (nSPS) is 10.5. The summed E-state index contributed by atoms with van der Waals surface area (Å²) >= 11 is 0. The molecule has 1 heterocycles. The van der Waals surface area contributed by atoms with Crippen LogP contribution in [0.3, 0.4) is 0 Å². The van der Waals surface area contributed by atoms with Gasteiger partial charge in [0.15, 0.2) is 0 Å². The first-order valence-electron chi connectivity index (χ1n) is 5.00. The Balaban J connectivity index is 2.70. The van der Waals surface area contributed by atoms with E-state index in [-0.39, 0.29) is 22.3 Å². The van der Waals surface area contributed by atoms with Gasteiger partial charge in [-0.25, -0.2) is 9.78 Å². The molecule has 2 aromatic rings. The van der Waals surface area contributed by atoms with Gasteiger partial charge in [0.1, 0.15) is 0 Å². The summed E-state index contributed by atoms with van der Waals surface area (Å²) < 4.78 is 18.2. The maximum atomic E-state index is 13.5. The average molecular weight is 236 g/mol. The standard InChI is InChI=1S/C11H9FN2O3/c1-2-17-11(16)9-13-8-6-4-3-5-7(8)10(15)14(9)12/h3-6H,2H2,1H3. The van der Waals surface area contributed by atoms with Gasteiger partial charge in [0.05, 0.1) is 17.5 Å². The number of benzene rings is 1. The molecule has 0 saturated heterocycles. The molecule has 0 atom stereocenters. The summed E-state index contributed by atoms with van der Waals surface area (Å²) in [5, 5.41) is 0.114. The van der Waals surface area contributed by atoms with Crippen LogP contribution in [0, 0.1) is 0 Å². The molecule has 0 saturated carbocycles. The lowest BCUT2D eigenvalue weighted by Gasteiger charge is -2.04. The van der Waals surface area contributed by atoms with Gasteiger partial charge in [0.2, 0.25) is 0 Å². The first kappa shape index (κ1) is 11.3. The fourth-order valence-electron chi connectivity index (χ4n) is 1.43. The van der Waals surface area contributed by atoms with Gasteiger partial charge in [-0.15, -0.1) is 4.79 Å². The van der Waals surface area contributed by atoms with Gasteiger partial charge in [-0.2, -0.15) is 0 Å². The van der Waals surface area contributed by atoms with Crippen LogP contribution in [0.25, 0.3) is 10.9 Å². The van der Waals surface area contributed by atoms with E-state index in [0.717, 1.165) is 0 Å². The van der Waals surface area contributed by atoms with E-state index >= 15 is 0 Å². The minimum atomic E-state index is -0.960. The van der Waals surface area contributed by atoms with Crippen LogP contribution in [-0.4, -0.2) is 22.3 Å². The third-order valence-corrected chi connectivity index (χ3v) is 2.18. The van der Waals surface area contributed by atoms with Crippen LogP contribution in [0.4, 0.5) is 4.48 Å². The Morgan fingerprint density at radius 2 is 2.18 bits per heavy atom. The van der Waals surface area contributed by atoms with E-state index < -0.39 is 17.4 Å². The second kappa shape index (κ2) is 4.32. The van der Waals surface area contributed by atoms with Crippen LogP contribution in [0.1, 0.15) is 17.5 Å². The first-order valence-corrected chi connectivity index (χ1v) is 5.00. The predicted molar refractivity (Wildman–Crippen MR) is 58.5 cm³/mol. The number of aromatic nitrogens is 2. The summed E-state index contributed by atoms with van der Waals surface area (Å²) in [6.07, 6.45) is 0. The second-order valence-electron chi connectivity index (χ2n) is 3.26. The lowest BCUT2D eigenvalue weighted by molar-refractivity contribution is 0.0489. The number of carbonyl (C=O) groups is 1. The molecule has 0 spiro atoms. The fourth-order valence-corrected chi connectivity index (χ4v) is 1.43. The van der Waals surface area contributed by atoms with E-state index in [1.165, 1.54) is 12.1 Å². The monoisotopic (exact) mass is 236 g/mol. The molecule has 17 heavy (non-hydrogen) atoms. The molecule has 0 fully saturated rings. The van der Waals surface area contributed by atoms with Crippen molar-refractivity contribution in [2.45, 2.75) is 6.92 Å². The van der Waals surface area contributed by atoms with E-state index in [9.17, 15) is 14.1 Å². The number of rotatable bonds is 2. The molecule has 0 aliphatic heterocycles. The summed E-state index contributed by atoms with van der Waals surface area (Å²) in [4.78, 5) is 26.5. The largest absolute Gasteiger partial charge is 0.460 e. The van der Waals surface area contributed by atoms with Crippen LogP contribution in [0.5, 0.6) is 0 Å². The maximum Gasteiger partial charge on any atom is 0.377 e. The highest BCUT2D eigenvalue weighted by atomic mass is 19.2. The molecule has 0 N–H and O–H groups in total. The minimum Gasteiger partial charge on any atom is -0.460 e. The van der Waals surface area contributed by atoms with Crippen LogP contribution in [0.15, 0.2) is 29.1 Å². The molecule has 0 aliphatic carbocycles. The van der Waals surface area contributed by atoms with Crippen molar-refractivity contribution in [2.24, 2.45) is 0 Å². The minimum absolute atomic E-state index is 0.0849. The lowest BCUT2D eigenvalue weighted by atomic mass is 10.2. The zero-order valence-corrected chi connectivity index (χ0v) is 9.01. The van der Waals surface area contributed by atoms with Crippen molar-refractivity contribution < 1.29 is 14.0 Å². The van der Waals surface area contributed by atoms with Gasteiger partial charge in [-0.3, -0.25) is 4.79 Å². The van der Waals surface area contributed by atoms with Crippen LogP contribution in [0.2, 0.25) is 0 Å². The predicted octanol–water partition coefficient (Wildman–Crippen LogP) is 1.31. The van der Waals surface area contributed by atoms with Gasteiger partial charge in [-0.05, 0) is 19.1 Å². The Bertz CT molecular complexity index is 636. The zero-order chi connectivity index (χ0) is 12.4. The average Bonchev–Trinajstić information content (AvgIpc) is 2.34. The lowest BCUT2D eigenvalue weighted by Crippen LogP contribution is -2.24. The Kier molecular flexibility index (Phi) is 2.86. The maximum absolute atomic E-state index is 13.5. The molecule has 1 aromatic heterocycles. The van der Waals surface area contributed by atoms with E-state index in [1.54, 1.807) is 19.1 Å². The number of ether oxygens (including phenoxy) is 1. The smallest absolute Gasteiger partial charge is 0.377 e. The molecule has 0 unspecified atom stereocenters. The molecule has 0 amide bonds. The Hall–Kier alpha value is -2.24. The number of nitrogens with zero attached hydrogens (tertiary/aromatic N) is 2. The first-order chi connectivity index (χ1) is 8.15. The van der Waals surface area contributed by atoms with Crippen molar-refractivity contribution in [2.75, 3.05) is 6.61 Å². The molecule has 0 bridgehead atoms. The molecule has 1 aromatic carbocycles. The van der Waals surface area contributed by atoms with E-state index in [2.05, 4.69) is 9.72 Å². The number of hydrogen-bond donors (Lipinski definition) is 0. The number of fused-ring (bicyclic) bond motifs is 1. The zero-order valence-electron chi connectivity index (χ0n) is 9.01. The molecule has 2 rings (SSSR count). The molecule has 5 nitrogen and oxygen atoms in total. The van der Waals surface area contributed by atoms with Crippen molar-refractivity contribution in [1.82, 2.24) is 9.77 Å². The van der Waals surface area contributed by atoms with Gasteiger partial charge < -0.3 is 4.74 Å². The third-order valence-electron chi connectivity index (χ3n) is 2.18. The van der Waals surface area contributed by atoms with Crippen molar-refractivity contribution in [3.05, 3.63) is 40.4 Å². The topological polar surface area (TPSA) is 61.2 Å². The Labute approximate surface area is 95.4 Å². The van der Waals surface area contributed by atoms with E-state index in [4.69, 9.17) is 0 Å². The van der Waals surface area contributed by atoms with Crippen molar-refractivity contribution in [3.63, 3.8) is 0 Å². The highest BCUT2D eigenvalue weighted by Crippen LogP contribution is 2.08. The summed E-state index contributed by atoms with van der Waals surface area (Å²) in [5.74, 6) is -1.60. The van der Waals surface area contributed by atoms with Crippen molar-refractivity contribution in [1.29, 1.82) is 0 Å². The second-order valence-corrected chi connectivity index (χ2v) is 3.26. The van der Waals surface area contributed by atoms with Gasteiger partial charge in [0, 0.05) is 0 Å². The van der Waals surface area contributed by atoms with Crippen LogP contribution >= 0.6 is 0 Å². The Morgan fingerprint density at radius 3 is 2.88 bits per heavy atom. The SMILES string of the molecule is CCOC(=O)c1nc2ccccc2c(=O)n1F. The molecule has 0 aliphatic rings. The van der Waals surface area contributed by atoms with Crippen molar-refractivity contribution in [3.8, 4) is 0 Å². The number of carbonyl (C=O) groups excluding carboxylic acids is 1. The number of para-hydroxylation sites is 1. The summed E-state index contributed by atoms with van der Waals surface area (Å²) in [5.41, 5.74) is -0.659. The quantitative estimate of drug-likeness (QED) is 0.737. The van der Waals surface area contributed by atoms with Gasteiger partial charge >= 0.3 is 5.97 Å². The third kappa shape index (κ3) is 1.89. The van der Waals surface area contributed by atoms with Crippen molar-refractivity contribution >= 4 is 16.9 Å². The molecule has 6 heteroatoms. The van der Waals surface area contributed by atoms with Gasteiger partial charge in [-0.1, -0.05) is 16.6 Å². The number of esters is 1. The molecule has 88 valence electrons. The fraction of sp³-hybridized carbons (Fsp3) is 0.182. The van der Waals surface area contributed by atoms with Crippen LogP contribution in [-0.2, 0) is 4.74 Å². The van der Waals surface area contributed by atoms with Crippen LogP contribution < -0.4 is 5.56 Å². The van der Waals surface area contributed by atoms with E-state index in [0.29, 0.717) is 0 Å². The summed E-state index contributed by atoms with van der Waals surface area (Å²) in [6.45, 7) is 1.67.